The molecule has 0 aliphatic heterocycles. The Morgan fingerprint density at radius 1 is 0.660 bits per heavy atom. The van der Waals surface area contributed by atoms with Crippen molar-refractivity contribution in [3.05, 3.63) is 0 Å². The van der Waals surface area contributed by atoms with Gasteiger partial charge < -0.3 is 25.1 Å². The van der Waals surface area contributed by atoms with Crippen molar-refractivity contribution < 1.29 is 34.5 Å². The number of hydrogen-bond donors (Lipinski definition) is 5. The summed E-state index contributed by atoms with van der Waals surface area (Å²) in [5.41, 5.74) is 0.325. The fourth-order valence-electron chi connectivity index (χ4n) is 13.0. The number of carbonyl (C=O) groups excluding carboxylic acids is 1. The quantitative estimate of drug-likeness (QED) is 0.0487. The molecule has 0 radical (unpaired) electrons. The van der Waals surface area contributed by atoms with E-state index in [4.69, 9.17) is 0 Å². The summed E-state index contributed by atoms with van der Waals surface area (Å²) in [6.45, 7) is 11.9. The van der Waals surface area contributed by atoms with Crippen LogP contribution in [0.15, 0.2) is 0 Å². The van der Waals surface area contributed by atoms with Crippen molar-refractivity contribution in [1.29, 1.82) is 0 Å². The topological polar surface area (TPSA) is 135 Å². The molecular weight excluding hydrogens is 683 g/mol. The Labute approximate surface area is 324 Å². The minimum absolute atomic E-state index is 0.0441. The fraction of sp³-hybridized carbons (Fsp3) is 0.978. The predicted molar refractivity (Wildman–Crippen MR) is 217 cm³/mol. The van der Waals surface area contributed by atoms with Crippen LogP contribution in [0.2, 0.25) is 0 Å². The Balaban J connectivity index is 1.23. The molecule has 4 rings (SSSR count). The van der Waals surface area contributed by atoms with Crippen LogP contribution in [0, 0.1) is 46.3 Å². The van der Waals surface area contributed by atoms with Crippen LogP contribution in [-0.4, -0.2) is 54.4 Å². The van der Waals surface area contributed by atoms with Gasteiger partial charge in [-0.25, -0.2) is 0 Å². The Morgan fingerprint density at radius 2 is 1.23 bits per heavy atom. The number of unbranched alkanes of at least 4 members (excludes halogenated alkanes) is 13. The van der Waals surface area contributed by atoms with Crippen LogP contribution in [0.25, 0.3) is 0 Å². The van der Waals surface area contributed by atoms with Gasteiger partial charge in [0.05, 0.1) is 12.2 Å². The van der Waals surface area contributed by atoms with Crippen molar-refractivity contribution >= 4 is 13.4 Å². The molecule has 0 saturated heterocycles. The van der Waals surface area contributed by atoms with Crippen molar-refractivity contribution in [2.45, 2.75) is 231 Å². The van der Waals surface area contributed by atoms with Gasteiger partial charge in [0.2, 0.25) is 0 Å². The van der Waals surface area contributed by atoms with Gasteiger partial charge in [0.1, 0.15) is 11.3 Å². The molecule has 4 aliphatic carbocycles. The first kappa shape index (κ1) is 45.4. The van der Waals surface area contributed by atoms with Gasteiger partial charge in [-0.15, -0.1) is 0 Å². The van der Waals surface area contributed by atoms with Gasteiger partial charge >= 0.3 is 7.60 Å². The van der Waals surface area contributed by atoms with Crippen LogP contribution in [0.4, 0.5) is 0 Å². The normalized spacial score (nSPS) is 35.2. The van der Waals surface area contributed by atoms with Crippen molar-refractivity contribution in [1.82, 2.24) is 0 Å². The number of aliphatic hydroxyl groups is 3. The van der Waals surface area contributed by atoms with Crippen LogP contribution in [0.3, 0.4) is 0 Å². The van der Waals surface area contributed by atoms with Gasteiger partial charge in [0.15, 0.2) is 5.78 Å². The fourth-order valence-corrected chi connectivity index (χ4v) is 14.3. The second kappa shape index (κ2) is 20.4. The van der Waals surface area contributed by atoms with Crippen LogP contribution in [0.5, 0.6) is 0 Å². The molecule has 7 nitrogen and oxygen atoms in total. The minimum atomic E-state index is -4.87. The molecule has 0 aromatic carbocycles. The van der Waals surface area contributed by atoms with Crippen molar-refractivity contribution in [2.75, 3.05) is 0 Å². The molecule has 310 valence electrons. The summed E-state index contributed by atoms with van der Waals surface area (Å²) in [6.07, 6.45) is 23.1. The molecule has 12 atom stereocenters. The lowest BCUT2D eigenvalue weighted by Gasteiger charge is -2.62. The third-order valence-corrected chi connectivity index (χ3v) is 18.1. The number of hydrogen-bond acceptors (Lipinski definition) is 5. The lowest BCUT2D eigenvalue weighted by atomic mass is 9.43. The monoisotopic (exact) mass is 767 g/mol. The highest BCUT2D eigenvalue weighted by Crippen LogP contribution is 2.71. The standard InChI is InChI=1S/C45H83O7P/c1-6-8-9-10-11-12-13-14-15-16-17-18-19-20-22-39(46)42(49)40(47)31-41(48)45(53(50,51)52)30-29-43(4)34(32-45)23-24-35-37-26-25-36(33(3)21-7-2)44(37,5)28-27-38(35)43/h33-40,42,46-47,49H,6-32H2,1-5H3,(H2,50,51,52)/t33-,34?,35?,36-,37?,38?,39?,40+,42-,43+,44-,45?/m1/s1. The van der Waals surface area contributed by atoms with Gasteiger partial charge in [-0.2, -0.15) is 0 Å². The zero-order valence-corrected chi connectivity index (χ0v) is 35.7. The summed E-state index contributed by atoms with van der Waals surface area (Å²) in [7, 11) is -4.87. The molecule has 4 fully saturated rings. The number of ketones is 1. The molecule has 4 saturated carbocycles. The van der Waals surface area contributed by atoms with E-state index in [1.165, 1.54) is 103 Å². The van der Waals surface area contributed by atoms with Gasteiger partial charge in [-0.05, 0) is 111 Å². The zero-order chi connectivity index (χ0) is 38.9. The lowest BCUT2D eigenvalue weighted by Crippen LogP contribution is -2.57. The highest BCUT2D eigenvalue weighted by Gasteiger charge is 2.65. The summed E-state index contributed by atoms with van der Waals surface area (Å²) in [6, 6.07) is 0. The first-order valence-corrected chi connectivity index (χ1v) is 24.4. The maximum atomic E-state index is 14.0. The van der Waals surface area contributed by atoms with E-state index < -0.39 is 43.3 Å². The number of aliphatic hydroxyl groups excluding tert-OH is 3. The molecule has 6 unspecified atom stereocenters. The van der Waals surface area contributed by atoms with Gasteiger partial charge in [0, 0.05) is 6.42 Å². The highest BCUT2D eigenvalue weighted by molar-refractivity contribution is 7.54. The van der Waals surface area contributed by atoms with E-state index in [2.05, 4.69) is 34.6 Å². The van der Waals surface area contributed by atoms with Crippen LogP contribution >= 0.6 is 7.60 Å². The summed E-state index contributed by atoms with van der Waals surface area (Å²) in [4.78, 5) is 35.6. The highest BCUT2D eigenvalue weighted by atomic mass is 31.2. The summed E-state index contributed by atoms with van der Waals surface area (Å²) in [5.74, 6) is 2.80. The van der Waals surface area contributed by atoms with E-state index in [1.807, 2.05) is 0 Å². The summed E-state index contributed by atoms with van der Waals surface area (Å²) < 4.78 is 13.3. The second-order valence-corrected chi connectivity index (χ2v) is 21.5. The Morgan fingerprint density at radius 3 is 1.79 bits per heavy atom. The SMILES string of the molecule is CCCCCCCCCCCCCCCCC(O)[C@@H](O)[C@@H](O)CC(=O)C1(P(=O)(O)O)CC[C@@]2(C)C(CCC3C2CC[C@@]2(C)C3CC[C@@H]2[C@H](C)CCC)C1. The third kappa shape index (κ3) is 10.6. The van der Waals surface area contributed by atoms with Crippen LogP contribution in [0.1, 0.15) is 208 Å². The molecule has 5 N–H and O–H groups in total. The molecule has 0 bridgehead atoms. The zero-order valence-electron chi connectivity index (χ0n) is 34.8. The van der Waals surface area contributed by atoms with Crippen molar-refractivity contribution in [3.63, 3.8) is 0 Å². The molecule has 0 heterocycles. The minimum Gasteiger partial charge on any atom is -0.390 e. The Kier molecular flexibility index (Phi) is 17.5. The number of Topliss-reactive ketones (excluding diaryl/α,β-unsaturated/α-hetero) is 1. The lowest BCUT2D eigenvalue weighted by molar-refractivity contribution is -0.139. The molecule has 0 aromatic rings. The molecule has 4 aliphatic rings. The molecule has 0 aromatic heterocycles. The van der Waals surface area contributed by atoms with Crippen LogP contribution in [-0.2, 0) is 9.36 Å². The molecule has 8 heteroatoms. The first-order valence-electron chi connectivity index (χ1n) is 22.8. The van der Waals surface area contributed by atoms with E-state index in [1.54, 1.807) is 0 Å². The average Bonchev–Trinajstić information content (AvgIpc) is 3.47. The molecular formula is C45H83O7P. The maximum absolute atomic E-state index is 14.0. The number of fused-ring (bicyclic) bond motifs is 5. The Hall–Kier alpha value is -0.300. The van der Waals surface area contributed by atoms with Gasteiger partial charge in [-0.1, -0.05) is 137 Å². The van der Waals surface area contributed by atoms with E-state index in [9.17, 15) is 34.5 Å². The van der Waals surface area contributed by atoms with E-state index in [0.29, 0.717) is 36.0 Å². The van der Waals surface area contributed by atoms with Crippen LogP contribution < -0.4 is 0 Å². The second-order valence-electron chi connectivity index (χ2n) is 19.6. The average molecular weight is 767 g/mol. The van der Waals surface area contributed by atoms with Gasteiger partial charge in [-0.3, -0.25) is 9.36 Å². The van der Waals surface area contributed by atoms with E-state index >= 15 is 0 Å². The smallest absolute Gasteiger partial charge is 0.339 e. The largest absolute Gasteiger partial charge is 0.390 e. The first-order chi connectivity index (χ1) is 25.2. The molecule has 0 amide bonds. The third-order valence-electron chi connectivity index (χ3n) is 16.3. The van der Waals surface area contributed by atoms with E-state index in [0.717, 1.165) is 50.4 Å². The van der Waals surface area contributed by atoms with E-state index in [-0.39, 0.29) is 24.2 Å². The summed E-state index contributed by atoms with van der Waals surface area (Å²) in [5, 5.41) is 30.6. The Bertz CT molecular complexity index is 1160. The molecule has 0 spiro atoms. The van der Waals surface area contributed by atoms with Gasteiger partial charge in [0.25, 0.3) is 0 Å². The number of carbonyl (C=O) groups is 1. The predicted octanol–water partition coefficient (Wildman–Crippen LogP) is 10.9. The van der Waals surface area contributed by atoms with Crippen molar-refractivity contribution in [3.8, 4) is 0 Å². The molecule has 53 heavy (non-hydrogen) atoms. The number of rotatable bonds is 24. The summed E-state index contributed by atoms with van der Waals surface area (Å²) >= 11 is 0. The maximum Gasteiger partial charge on any atom is 0.339 e. The van der Waals surface area contributed by atoms with Crippen molar-refractivity contribution in [2.24, 2.45) is 46.3 Å².